The predicted octanol–water partition coefficient (Wildman–Crippen LogP) is 5.54. The number of anilines is 1. The summed E-state index contributed by atoms with van der Waals surface area (Å²) < 4.78 is 72.5. The number of nitrogens with two attached hydrogens (primary N) is 1. The van der Waals surface area contributed by atoms with Crippen molar-refractivity contribution in [2.24, 2.45) is 5.92 Å². The van der Waals surface area contributed by atoms with E-state index in [1.807, 2.05) is 0 Å². The van der Waals surface area contributed by atoms with Gasteiger partial charge in [-0.1, -0.05) is 96.8 Å². The first-order valence-corrected chi connectivity index (χ1v) is 24.0. The number of fused-ring (bicyclic) bond motifs is 1. The molecule has 2 saturated heterocycles. The van der Waals surface area contributed by atoms with Crippen LogP contribution < -0.4 is 22.5 Å². The van der Waals surface area contributed by atoms with Crippen molar-refractivity contribution in [3.05, 3.63) is 49.8 Å². The number of carbonyl (C=O) groups excluding carboxylic acids is 1. The van der Waals surface area contributed by atoms with Crippen molar-refractivity contribution in [1.29, 1.82) is 0 Å². The maximum Gasteiger partial charge on any atom is 0.474 e. The Morgan fingerprint density at radius 2 is 1.47 bits per heavy atom. The summed E-state index contributed by atoms with van der Waals surface area (Å²) in [6.45, 7) is 2.27. The Labute approximate surface area is 372 Å². The molecule has 2 aliphatic heterocycles. The van der Waals surface area contributed by atoms with E-state index in [9.17, 15) is 23.7 Å². The van der Waals surface area contributed by atoms with Crippen molar-refractivity contribution in [3.63, 3.8) is 0 Å². The first kappa shape index (κ1) is 51.2. The average Bonchev–Trinajstić information content (AvgIpc) is 3.94. The number of hydrogen-bond acceptors (Lipinski definition) is 15. The van der Waals surface area contributed by atoms with Gasteiger partial charge < -0.3 is 29.6 Å². The van der Waals surface area contributed by atoms with Crippen molar-refractivity contribution in [3.8, 4) is 0 Å². The minimum atomic E-state index is -4.21. The van der Waals surface area contributed by atoms with E-state index in [0.29, 0.717) is 6.42 Å². The summed E-state index contributed by atoms with van der Waals surface area (Å²) in [5, 5.41) is 0. The number of phosphoric acid groups is 1. The molecule has 0 saturated carbocycles. The zero-order valence-corrected chi connectivity index (χ0v) is 38.7. The molecule has 0 radical (unpaired) electrons. The molecule has 3 aromatic heterocycles. The minimum Gasteiger partial charge on any atom is -0.382 e. The number of nitrogen functional groups attached to an aromatic ring is 1. The number of phosphoric ester groups is 1. The van der Waals surface area contributed by atoms with E-state index in [-0.39, 0.29) is 43.2 Å². The molecule has 4 N–H and O–H groups in total. The lowest BCUT2D eigenvalue weighted by Gasteiger charge is -2.31. The number of ether oxygens (including phenoxy) is 4. The lowest BCUT2D eigenvalue weighted by atomic mass is 9.94. The third kappa shape index (κ3) is 13.4. The maximum absolute atomic E-state index is 16.5. The van der Waals surface area contributed by atoms with Crippen molar-refractivity contribution in [2.45, 2.75) is 153 Å². The van der Waals surface area contributed by atoms with E-state index in [4.69, 9.17) is 38.3 Å². The van der Waals surface area contributed by atoms with Gasteiger partial charge in [0.05, 0.1) is 19.0 Å². The summed E-state index contributed by atoms with van der Waals surface area (Å²) in [5.41, 5.74) is 3.85. The molecule has 0 bridgehead atoms. The molecule has 5 rings (SSSR count). The van der Waals surface area contributed by atoms with Crippen LogP contribution in [0.1, 0.15) is 122 Å². The monoisotopic (exact) mass is 926 g/mol. The lowest BCUT2D eigenvalue weighted by Crippen LogP contribution is -2.45. The van der Waals surface area contributed by atoms with E-state index in [0.717, 1.165) is 56.7 Å². The number of aromatic nitrogens is 6. The number of nitrogens with zero attached hydrogens (tertiary/aromatic N) is 5. The normalized spacial score (nSPS) is 23.7. The molecule has 64 heavy (non-hydrogen) atoms. The van der Waals surface area contributed by atoms with Crippen LogP contribution in [-0.2, 0) is 41.9 Å². The van der Waals surface area contributed by atoms with Crippen LogP contribution in [-0.4, -0.2) is 119 Å². The van der Waals surface area contributed by atoms with Crippen LogP contribution in [0.15, 0.2) is 33.0 Å². The molecule has 22 heteroatoms. The minimum absolute atomic E-state index is 0.0226. The van der Waals surface area contributed by atoms with Crippen LogP contribution in [0.2, 0.25) is 0 Å². The summed E-state index contributed by atoms with van der Waals surface area (Å²) in [5.74, 6) is -1.67. The second-order valence-corrected chi connectivity index (χ2v) is 18.4. The number of imidazole rings is 1. The molecule has 2 fully saturated rings. The molecule has 0 spiro atoms. The van der Waals surface area contributed by atoms with Crippen molar-refractivity contribution < 1.29 is 46.3 Å². The van der Waals surface area contributed by atoms with E-state index in [1.54, 1.807) is 4.90 Å². The number of halogens is 1. The van der Waals surface area contributed by atoms with Crippen LogP contribution in [0.5, 0.6) is 0 Å². The highest BCUT2D eigenvalue weighted by Crippen LogP contribution is 2.52. The molecule has 5 heterocycles. The Kier molecular flexibility index (Phi) is 20.1. The van der Waals surface area contributed by atoms with Gasteiger partial charge in [-0.3, -0.25) is 47.1 Å². The van der Waals surface area contributed by atoms with Gasteiger partial charge in [-0.25, -0.2) is 18.7 Å². The predicted molar refractivity (Wildman–Crippen MR) is 235 cm³/mol. The summed E-state index contributed by atoms with van der Waals surface area (Å²) >= 11 is 0. The van der Waals surface area contributed by atoms with E-state index in [1.165, 1.54) is 89.3 Å². The summed E-state index contributed by atoms with van der Waals surface area (Å²) in [7, 11) is 0.912. The summed E-state index contributed by atoms with van der Waals surface area (Å²) in [6, 6.07) is 1.09. The summed E-state index contributed by atoms with van der Waals surface area (Å²) in [6.07, 6.45) is 10.9. The molecule has 360 valence electrons. The molecule has 2 aliphatic rings. The largest absolute Gasteiger partial charge is 0.474 e. The Morgan fingerprint density at radius 1 is 0.859 bits per heavy atom. The maximum atomic E-state index is 16.5. The first-order chi connectivity index (χ1) is 30.9. The molecule has 8 atom stereocenters. The molecule has 20 nitrogen and oxygen atoms in total. The van der Waals surface area contributed by atoms with Crippen LogP contribution in [0.4, 0.5) is 10.3 Å². The zero-order valence-electron chi connectivity index (χ0n) is 37.8. The first-order valence-electron chi connectivity index (χ1n) is 22.6. The van der Waals surface area contributed by atoms with Crippen molar-refractivity contribution in [1.82, 2.24) is 34.0 Å². The molecule has 3 aromatic rings. The molecule has 0 aromatic carbocycles. The van der Waals surface area contributed by atoms with Gasteiger partial charge in [0.15, 0.2) is 29.8 Å². The Hall–Kier alpha value is -3.82. The molecule has 0 aliphatic carbocycles. The Balaban J connectivity index is 1.33. The van der Waals surface area contributed by atoms with E-state index < -0.39 is 79.5 Å². The number of rotatable bonds is 29. The Bertz CT molecular complexity index is 2130. The lowest BCUT2D eigenvalue weighted by molar-refractivity contribution is -0.136. The standard InChI is InChI=1S/C42H68FN8O12P/c1-6-7-8-9-10-11-12-13-14-15-16-17-18-19-20-22-49(32(53)24-28-30(26-57-2)62-39(33(28)43)50-23-21-31(52)46-42(50)55)25-29-35(63-64(56,59-4)60-5)36(58-3)40(61-29)51-27-45-34-37(51)47-41(44)48-38(34)54/h21,23,27-30,33,35-36,39-40H,6-20,22,24-26H2,1-5H3,(H,46,52,55)(H3,44,47,48,54)/t28?,29-,30-,33?,35?,36?,39-,40-/m1/s1. The number of amides is 1. The number of carbonyl (C=O) groups is 1. The number of alkyl halides is 1. The van der Waals surface area contributed by atoms with Gasteiger partial charge in [0.25, 0.3) is 11.1 Å². The van der Waals surface area contributed by atoms with Gasteiger partial charge in [-0.2, -0.15) is 4.98 Å². The number of nitrogens with one attached hydrogen (secondary N) is 2. The molecule has 1 amide bonds. The van der Waals surface area contributed by atoms with Gasteiger partial charge in [0, 0.05) is 66.1 Å². The third-order valence-corrected chi connectivity index (χ3v) is 13.5. The van der Waals surface area contributed by atoms with Crippen LogP contribution >= 0.6 is 7.82 Å². The van der Waals surface area contributed by atoms with Gasteiger partial charge >= 0.3 is 13.5 Å². The fourth-order valence-electron chi connectivity index (χ4n) is 8.63. The van der Waals surface area contributed by atoms with E-state index in [2.05, 4.69) is 26.9 Å². The van der Waals surface area contributed by atoms with Crippen LogP contribution in [0.3, 0.4) is 0 Å². The highest BCUT2D eigenvalue weighted by molar-refractivity contribution is 7.48. The van der Waals surface area contributed by atoms with Crippen molar-refractivity contribution in [2.75, 3.05) is 53.9 Å². The highest BCUT2D eigenvalue weighted by Gasteiger charge is 2.52. The summed E-state index contributed by atoms with van der Waals surface area (Å²) in [4.78, 5) is 66.3. The molecule has 4 unspecified atom stereocenters. The number of aromatic amines is 2. The van der Waals surface area contributed by atoms with E-state index >= 15 is 4.39 Å². The fourth-order valence-corrected chi connectivity index (χ4v) is 9.50. The average molecular weight is 927 g/mol. The second-order valence-electron chi connectivity index (χ2n) is 16.6. The van der Waals surface area contributed by atoms with Crippen molar-refractivity contribution >= 4 is 30.8 Å². The van der Waals surface area contributed by atoms with Gasteiger partial charge in [0.2, 0.25) is 11.9 Å². The highest BCUT2D eigenvalue weighted by atomic mass is 31.2. The quantitative estimate of drug-likeness (QED) is 0.0572. The number of methoxy groups -OCH3 is 2. The molecular formula is C42H68FN8O12P. The topological polar surface area (TPSA) is 246 Å². The smallest absolute Gasteiger partial charge is 0.382 e. The molecular weight excluding hydrogens is 858 g/mol. The number of unbranched alkanes of at least 4 members (excludes halogenated alkanes) is 14. The number of hydrogen-bond donors (Lipinski definition) is 3. The second kappa shape index (κ2) is 25.2. The van der Waals surface area contributed by atoms with Gasteiger partial charge in [-0.15, -0.1) is 0 Å². The fraction of sp³-hybridized carbons (Fsp3) is 0.762. The van der Waals surface area contributed by atoms with Gasteiger partial charge in [-0.05, 0) is 6.42 Å². The van der Waals surface area contributed by atoms with Gasteiger partial charge in [0.1, 0.15) is 18.3 Å². The Morgan fingerprint density at radius 3 is 2.05 bits per heavy atom. The number of H-pyrrole nitrogens is 2. The zero-order chi connectivity index (χ0) is 46.2. The van der Waals surface area contributed by atoms with Crippen LogP contribution in [0, 0.1) is 5.92 Å². The van der Waals surface area contributed by atoms with Crippen LogP contribution in [0.25, 0.3) is 11.2 Å². The SMILES string of the molecule is CCCCCCCCCCCCCCCCCN(C[C@H]1O[C@@H](n2cnc3c(=O)[nH]c(N)nc32)C(OC)C1OP(=O)(OC)OC)C(=O)CC1C(F)[C@H](n2ccc(=O)[nH]c2=O)O[C@@H]1COC. The third-order valence-electron chi connectivity index (χ3n) is 12.1.